The van der Waals surface area contributed by atoms with E-state index >= 15 is 0 Å². The van der Waals surface area contributed by atoms with Gasteiger partial charge in [-0.05, 0) is 37.1 Å². The maximum Gasteiger partial charge on any atom is 0.356 e. The van der Waals surface area contributed by atoms with Crippen LogP contribution in [0.15, 0.2) is 35.8 Å². The number of Topliss-reactive ketones (excluding diaryl/α,β-unsaturated/α-hetero) is 1. The summed E-state index contributed by atoms with van der Waals surface area (Å²) in [6.45, 7) is 1.21. The molecule has 2 N–H and O–H groups in total. The first-order valence-corrected chi connectivity index (χ1v) is 6.68. The topological polar surface area (TPSA) is 93.5 Å². The van der Waals surface area contributed by atoms with E-state index in [0.29, 0.717) is 18.8 Å². The monoisotopic (exact) mass is 291 g/mol. The number of methoxy groups -OCH3 is 1. The highest BCUT2D eigenvalue weighted by atomic mass is 16.6. The summed E-state index contributed by atoms with van der Waals surface area (Å²) < 4.78 is 5.01. The van der Waals surface area contributed by atoms with Gasteiger partial charge in [0.25, 0.3) is 5.78 Å². The minimum atomic E-state index is -0.646. The maximum absolute atomic E-state index is 12.4. The zero-order valence-electron chi connectivity index (χ0n) is 11.7. The molecule has 0 amide bonds. The van der Waals surface area contributed by atoms with Crippen LogP contribution in [0, 0.1) is 10.1 Å². The molecule has 0 spiro atoms. The molecular weight excluding hydrogens is 274 g/mol. The lowest BCUT2D eigenvalue weighted by Crippen LogP contribution is -2.30. The van der Waals surface area contributed by atoms with Gasteiger partial charge in [0.1, 0.15) is 5.75 Å². The van der Waals surface area contributed by atoms with E-state index < -0.39 is 16.4 Å². The molecule has 1 fully saturated rings. The zero-order valence-corrected chi connectivity index (χ0v) is 11.7. The molecule has 112 valence electrons. The van der Waals surface area contributed by atoms with Crippen LogP contribution in [0.4, 0.5) is 0 Å². The molecule has 2 rings (SSSR count). The molecule has 21 heavy (non-hydrogen) atoms. The van der Waals surface area contributed by atoms with Crippen LogP contribution >= 0.6 is 0 Å². The normalized spacial score (nSPS) is 14.4. The van der Waals surface area contributed by atoms with Crippen molar-refractivity contribution in [1.82, 2.24) is 10.6 Å². The van der Waals surface area contributed by atoms with Gasteiger partial charge >= 0.3 is 5.70 Å². The van der Waals surface area contributed by atoms with E-state index in [9.17, 15) is 14.9 Å². The van der Waals surface area contributed by atoms with E-state index in [-0.39, 0.29) is 11.4 Å². The fraction of sp³-hybridized carbons (Fsp3) is 0.357. The van der Waals surface area contributed by atoms with Crippen LogP contribution in [0.25, 0.3) is 0 Å². The van der Waals surface area contributed by atoms with Crippen molar-refractivity contribution >= 4 is 5.78 Å². The number of hydrogen-bond acceptors (Lipinski definition) is 6. The van der Waals surface area contributed by atoms with E-state index in [1.807, 2.05) is 0 Å². The fourth-order valence-corrected chi connectivity index (χ4v) is 2.07. The third-order valence-corrected chi connectivity index (χ3v) is 3.19. The maximum atomic E-state index is 12.4. The third kappa shape index (κ3) is 3.50. The smallest absolute Gasteiger partial charge is 0.356 e. The largest absolute Gasteiger partial charge is 0.497 e. The number of nitrogens with zero attached hydrogens (tertiary/aromatic N) is 1. The second-order valence-electron chi connectivity index (χ2n) is 4.60. The Labute approximate surface area is 122 Å². The summed E-state index contributed by atoms with van der Waals surface area (Å²) in [6, 6.07) is 6.23. The first-order valence-electron chi connectivity index (χ1n) is 6.68. The zero-order chi connectivity index (χ0) is 15.2. The predicted molar refractivity (Wildman–Crippen MR) is 76.6 cm³/mol. The van der Waals surface area contributed by atoms with Gasteiger partial charge in [0.05, 0.1) is 12.0 Å². The molecule has 0 aliphatic carbocycles. The van der Waals surface area contributed by atoms with Crippen LogP contribution in [-0.2, 0) is 0 Å². The van der Waals surface area contributed by atoms with Gasteiger partial charge in [-0.3, -0.25) is 14.9 Å². The van der Waals surface area contributed by atoms with Gasteiger partial charge in [0, 0.05) is 18.7 Å². The minimum Gasteiger partial charge on any atom is -0.497 e. The fourth-order valence-electron chi connectivity index (χ4n) is 2.07. The SMILES string of the molecule is COc1ccc(C(=O)C(=C2NCCCCN2)[N+](=O)[O-])cc1. The van der Waals surface area contributed by atoms with Crippen LogP contribution in [-0.4, -0.2) is 30.9 Å². The van der Waals surface area contributed by atoms with Crippen LogP contribution in [0.5, 0.6) is 5.75 Å². The number of nitrogens with one attached hydrogen (secondary N) is 2. The van der Waals surface area contributed by atoms with Gasteiger partial charge in [0.2, 0.25) is 0 Å². The van der Waals surface area contributed by atoms with Gasteiger partial charge in [0.15, 0.2) is 5.82 Å². The number of benzene rings is 1. The molecule has 1 aliphatic heterocycles. The van der Waals surface area contributed by atoms with Crippen molar-refractivity contribution in [3.63, 3.8) is 0 Å². The van der Waals surface area contributed by atoms with Gasteiger partial charge < -0.3 is 15.4 Å². The lowest BCUT2D eigenvalue weighted by molar-refractivity contribution is -0.418. The average Bonchev–Trinajstić information content (AvgIpc) is 2.76. The van der Waals surface area contributed by atoms with Crippen molar-refractivity contribution in [2.75, 3.05) is 20.2 Å². The quantitative estimate of drug-likeness (QED) is 0.376. The molecule has 7 heteroatoms. The van der Waals surface area contributed by atoms with Gasteiger partial charge in [-0.1, -0.05) is 0 Å². The molecular formula is C14H17N3O4. The summed E-state index contributed by atoms with van der Waals surface area (Å²) >= 11 is 0. The lowest BCUT2D eigenvalue weighted by atomic mass is 10.1. The number of ketones is 1. The van der Waals surface area contributed by atoms with E-state index in [2.05, 4.69) is 10.6 Å². The van der Waals surface area contributed by atoms with Crippen molar-refractivity contribution < 1.29 is 14.5 Å². The Balaban J connectivity index is 2.34. The number of ether oxygens (including phenoxy) is 1. The highest BCUT2D eigenvalue weighted by Crippen LogP contribution is 2.16. The van der Waals surface area contributed by atoms with Gasteiger partial charge in [-0.2, -0.15) is 0 Å². The lowest BCUT2D eigenvalue weighted by Gasteiger charge is -2.09. The summed E-state index contributed by atoms with van der Waals surface area (Å²) in [7, 11) is 1.51. The molecule has 0 bridgehead atoms. The number of allylic oxidation sites excluding steroid dienone is 1. The van der Waals surface area contributed by atoms with Crippen molar-refractivity contribution in [1.29, 1.82) is 0 Å². The number of nitro groups is 1. The molecule has 0 unspecified atom stereocenters. The van der Waals surface area contributed by atoms with Crippen molar-refractivity contribution in [2.45, 2.75) is 12.8 Å². The van der Waals surface area contributed by atoms with E-state index in [4.69, 9.17) is 4.74 Å². The highest BCUT2D eigenvalue weighted by molar-refractivity contribution is 6.07. The number of carbonyl (C=O) groups is 1. The Morgan fingerprint density at radius 3 is 2.24 bits per heavy atom. The van der Waals surface area contributed by atoms with Crippen molar-refractivity contribution in [3.05, 3.63) is 51.5 Å². The van der Waals surface area contributed by atoms with Gasteiger partial charge in [-0.25, -0.2) is 0 Å². The summed E-state index contributed by atoms with van der Waals surface area (Å²) in [5.74, 6) is 0.158. The van der Waals surface area contributed by atoms with E-state index in [1.165, 1.54) is 19.2 Å². The van der Waals surface area contributed by atoms with Crippen molar-refractivity contribution in [3.8, 4) is 5.75 Å². The van der Waals surface area contributed by atoms with Gasteiger partial charge in [-0.15, -0.1) is 0 Å². The molecule has 7 nitrogen and oxygen atoms in total. The molecule has 0 radical (unpaired) electrons. The molecule has 1 aromatic rings. The molecule has 1 heterocycles. The van der Waals surface area contributed by atoms with E-state index in [0.717, 1.165) is 12.8 Å². The molecule has 1 aromatic carbocycles. The number of hydrogen-bond donors (Lipinski definition) is 2. The molecule has 1 saturated heterocycles. The summed E-state index contributed by atoms with van der Waals surface area (Å²) in [4.78, 5) is 23.0. The van der Waals surface area contributed by atoms with Crippen LogP contribution < -0.4 is 15.4 Å². The summed E-state index contributed by atoms with van der Waals surface area (Å²) in [5.41, 5.74) is -0.204. The van der Waals surface area contributed by atoms with Crippen LogP contribution in [0.3, 0.4) is 0 Å². The van der Waals surface area contributed by atoms with E-state index in [1.54, 1.807) is 12.1 Å². The van der Waals surface area contributed by atoms with Crippen molar-refractivity contribution in [2.24, 2.45) is 0 Å². The second kappa shape index (κ2) is 6.74. The predicted octanol–water partition coefficient (Wildman–Crippen LogP) is 1.30. The molecule has 0 atom stereocenters. The summed E-state index contributed by atoms with van der Waals surface area (Å²) in [5, 5.41) is 17.1. The highest BCUT2D eigenvalue weighted by Gasteiger charge is 2.29. The Morgan fingerprint density at radius 1 is 1.19 bits per heavy atom. The first-order chi connectivity index (χ1) is 10.1. The number of rotatable bonds is 4. The Kier molecular flexibility index (Phi) is 4.76. The third-order valence-electron chi connectivity index (χ3n) is 3.19. The second-order valence-corrected chi connectivity index (χ2v) is 4.60. The average molecular weight is 291 g/mol. The minimum absolute atomic E-state index is 0.193. The standard InChI is InChI=1S/C14H17N3O4/c1-21-11-6-4-10(5-7-11)13(18)12(17(19)20)14-15-8-2-3-9-16-14/h4-7,15-16H,2-3,8-9H2,1H3. The Hall–Kier alpha value is -2.57. The summed E-state index contributed by atoms with van der Waals surface area (Å²) in [6.07, 6.45) is 1.80. The number of carbonyl (C=O) groups excluding carboxylic acids is 1. The van der Waals surface area contributed by atoms with Crippen LogP contribution in [0.2, 0.25) is 0 Å². The first kappa shape index (κ1) is 14.8. The van der Waals surface area contributed by atoms with Crippen LogP contribution in [0.1, 0.15) is 23.2 Å². The Morgan fingerprint density at radius 2 is 1.76 bits per heavy atom. The molecule has 0 saturated carbocycles. The molecule has 1 aliphatic rings. The Bertz CT molecular complexity index is 556. The molecule has 0 aromatic heterocycles.